The van der Waals surface area contributed by atoms with Gasteiger partial charge in [-0.3, -0.25) is 0 Å². The Bertz CT molecular complexity index is 743. The van der Waals surface area contributed by atoms with E-state index in [1.54, 1.807) is 12.1 Å². The summed E-state index contributed by atoms with van der Waals surface area (Å²) in [7, 11) is 0. The zero-order valence-electron chi connectivity index (χ0n) is 17.3. The number of rotatable bonds is 12. The van der Waals surface area contributed by atoms with Crippen LogP contribution in [-0.2, 0) is 11.3 Å². The van der Waals surface area contributed by atoms with Crippen molar-refractivity contribution in [1.82, 2.24) is 0 Å². The van der Waals surface area contributed by atoms with E-state index in [-0.39, 0.29) is 12.0 Å². The van der Waals surface area contributed by atoms with E-state index in [1.807, 2.05) is 30.3 Å². The normalized spacial score (nSPS) is 12.4. The molecular weight excluding hydrogens is 393 g/mol. The van der Waals surface area contributed by atoms with Crippen molar-refractivity contribution >= 4 is 5.97 Å². The first-order valence-corrected chi connectivity index (χ1v) is 10.4. The van der Waals surface area contributed by atoms with Crippen LogP contribution >= 0.6 is 0 Å². The highest BCUT2D eigenvalue weighted by Gasteiger charge is 2.42. The van der Waals surface area contributed by atoms with Crippen LogP contribution in [0.1, 0.15) is 67.8 Å². The molecule has 0 aliphatic rings. The number of carbonyl (C=O) groups excluding carboxylic acids is 1. The van der Waals surface area contributed by atoms with Gasteiger partial charge in [0.25, 0.3) is 0 Å². The van der Waals surface area contributed by atoms with Gasteiger partial charge in [0.05, 0.1) is 5.56 Å². The maximum absolute atomic E-state index is 13.3. The Morgan fingerprint density at radius 3 is 2.17 bits per heavy atom. The highest BCUT2D eigenvalue weighted by molar-refractivity contribution is 5.89. The van der Waals surface area contributed by atoms with Gasteiger partial charge in [0.1, 0.15) is 12.4 Å². The Morgan fingerprint density at radius 2 is 1.53 bits per heavy atom. The number of hydrogen-bond acceptors (Lipinski definition) is 3. The number of esters is 1. The third-order valence-electron chi connectivity index (χ3n) is 4.77. The SMILES string of the molecule is CCCCCCCC[C@@H](OC(=O)c1ccc(OCc2ccccc2)cc1)C(F)(F)F. The largest absolute Gasteiger partial charge is 0.489 e. The summed E-state index contributed by atoms with van der Waals surface area (Å²) in [5.74, 6) is -0.451. The fraction of sp³-hybridized carbons (Fsp3) is 0.458. The van der Waals surface area contributed by atoms with Crippen molar-refractivity contribution in [2.24, 2.45) is 0 Å². The van der Waals surface area contributed by atoms with Crippen LogP contribution in [0.4, 0.5) is 13.2 Å². The molecule has 0 N–H and O–H groups in total. The molecule has 30 heavy (non-hydrogen) atoms. The van der Waals surface area contributed by atoms with Gasteiger partial charge in [-0.05, 0) is 42.7 Å². The number of unbranched alkanes of at least 4 members (excludes halogenated alkanes) is 5. The third kappa shape index (κ3) is 8.47. The molecule has 0 heterocycles. The topological polar surface area (TPSA) is 35.5 Å². The molecule has 3 nitrogen and oxygen atoms in total. The Balaban J connectivity index is 1.85. The van der Waals surface area contributed by atoms with E-state index in [4.69, 9.17) is 9.47 Å². The molecule has 2 aromatic rings. The van der Waals surface area contributed by atoms with Crippen molar-refractivity contribution in [2.75, 3.05) is 0 Å². The molecule has 164 valence electrons. The predicted molar refractivity (Wildman–Crippen MR) is 110 cm³/mol. The van der Waals surface area contributed by atoms with Crippen LogP contribution in [0.25, 0.3) is 0 Å². The summed E-state index contributed by atoms with van der Waals surface area (Å²) in [6.45, 7) is 2.44. The summed E-state index contributed by atoms with van der Waals surface area (Å²) in [5.41, 5.74) is 1.06. The molecule has 2 rings (SSSR count). The highest BCUT2D eigenvalue weighted by atomic mass is 19.4. The lowest BCUT2D eigenvalue weighted by atomic mass is 10.1. The number of alkyl halides is 3. The maximum Gasteiger partial charge on any atom is 0.425 e. The van der Waals surface area contributed by atoms with Gasteiger partial charge in [-0.15, -0.1) is 0 Å². The van der Waals surface area contributed by atoms with Crippen LogP contribution in [0.5, 0.6) is 5.75 Å². The molecule has 0 saturated heterocycles. The second-order valence-electron chi connectivity index (χ2n) is 7.29. The molecule has 0 bridgehead atoms. The first-order chi connectivity index (χ1) is 14.4. The Morgan fingerprint density at radius 1 is 0.900 bits per heavy atom. The molecule has 0 radical (unpaired) electrons. The first-order valence-electron chi connectivity index (χ1n) is 10.4. The van der Waals surface area contributed by atoms with Crippen LogP contribution in [0, 0.1) is 0 Å². The Labute approximate surface area is 176 Å². The van der Waals surface area contributed by atoms with Crippen LogP contribution < -0.4 is 4.74 Å². The predicted octanol–water partition coefficient (Wildman–Crippen LogP) is 7.10. The smallest absolute Gasteiger partial charge is 0.425 e. The zero-order chi connectivity index (χ0) is 21.8. The lowest BCUT2D eigenvalue weighted by molar-refractivity contribution is -0.206. The van der Waals surface area contributed by atoms with E-state index >= 15 is 0 Å². The fourth-order valence-electron chi connectivity index (χ4n) is 3.02. The second kappa shape index (κ2) is 12.3. The van der Waals surface area contributed by atoms with Crippen LogP contribution in [0.3, 0.4) is 0 Å². The molecule has 6 heteroatoms. The van der Waals surface area contributed by atoms with Crippen LogP contribution in [-0.4, -0.2) is 18.2 Å². The molecule has 0 spiro atoms. The number of ether oxygens (including phenoxy) is 2. The van der Waals surface area contributed by atoms with Crippen molar-refractivity contribution in [3.8, 4) is 5.75 Å². The highest BCUT2D eigenvalue weighted by Crippen LogP contribution is 2.28. The van der Waals surface area contributed by atoms with Crippen molar-refractivity contribution < 1.29 is 27.4 Å². The Hall–Kier alpha value is -2.50. The average Bonchev–Trinajstić information content (AvgIpc) is 2.74. The second-order valence-corrected chi connectivity index (χ2v) is 7.29. The minimum Gasteiger partial charge on any atom is -0.489 e. The van der Waals surface area contributed by atoms with E-state index in [9.17, 15) is 18.0 Å². The number of halogens is 3. The molecule has 0 saturated carbocycles. The van der Waals surface area contributed by atoms with E-state index < -0.39 is 18.2 Å². The summed E-state index contributed by atoms with van der Waals surface area (Å²) >= 11 is 0. The Kier molecular flexibility index (Phi) is 9.71. The van der Waals surface area contributed by atoms with Crippen molar-refractivity contribution in [2.45, 2.75) is 70.8 Å². The van der Waals surface area contributed by atoms with Crippen LogP contribution in [0.15, 0.2) is 54.6 Å². The average molecular weight is 422 g/mol. The molecule has 0 aliphatic heterocycles. The van der Waals surface area contributed by atoms with Gasteiger partial charge in [-0.1, -0.05) is 69.4 Å². The standard InChI is InChI=1S/C24H29F3O3/c1-2-3-4-5-6-10-13-22(24(25,26)27)30-23(28)20-14-16-21(17-15-20)29-18-19-11-8-7-9-12-19/h7-9,11-12,14-17,22H,2-6,10,13,18H2,1H3/t22-/m1/s1. The minimum absolute atomic E-state index is 0.0688. The minimum atomic E-state index is -4.57. The molecule has 0 aliphatic carbocycles. The van der Waals surface area contributed by atoms with Crippen LogP contribution in [0.2, 0.25) is 0 Å². The van der Waals surface area contributed by atoms with Gasteiger partial charge < -0.3 is 9.47 Å². The number of benzene rings is 2. The number of hydrogen-bond donors (Lipinski definition) is 0. The molecular formula is C24H29F3O3. The van der Waals surface area contributed by atoms with Gasteiger partial charge in [-0.25, -0.2) is 4.79 Å². The fourth-order valence-corrected chi connectivity index (χ4v) is 3.02. The summed E-state index contributed by atoms with van der Waals surface area (Å²) in [5, 5.41) is 0. The first kappa shape index (κ1) is 23.8. The van der Waals surface area contributed by atoms with Crippen molar-refractivity contribution in [3.05, 3.63) is 65.7 Å². The van der Waals surface area contributed by atoms with Crippen molar-refractivity contribution in [1.29, 1.82) is 0 Å². The molecule has 0 fully saturated rings. The van der Waals surface area contributed by atoms with E-state index in [0.29, 0.717) is 25.2 Å². The van der Waals surface area contributed by atoms with E-state index in [2.05, 4.69) is 6.92 Å². The van der Waals surface area contributed by atoms with Gasteiger partial charge in [0, 0.05) is 0 Å². The van der Waals surface area contributed by atoms with E-state index in [1.165, 1.54) is 12.1 Å². The lowest BCUT2D eigenvalue weighted by Crippen LogP contribution is -2.33. The summed E-state index contributed by atoms with van der Waals surface area (Å²) in [6, 6.07) is 15.5. The molecule has 0 amide bonds. The van der Waals surface area contributed by atoms with Gasteiger partial charge in [0.15, 0.2) is 6.10 Å². The van der Waals surface area contributed by atoms with Gasteiger partial charge in [0.2, 0.25) is 0 Å². The summed E-state index contributed by atoms with van der Waals surface area (Å²) < 4.78 is 50.2. The van der Waals surface area contributed by atoms with E-state index in [0.717, 1.165) is 31.2 Å². The molecule has 0 unspecified atom stereocenters. The molecule has 0 aromatic heterocycles. The summed E-state index contributed by atoms with van der Waals surface area (Å²) in [4.78, 5) is 12.2. The molecule has 2 aromatic carbocycles. The molecule has 1 atom stereocenters. The quantitative estimate of drug-likeness (QED) is 0.270. The van der Waals surface area contributed by atoms with Crippen molar-refractivity contribution in [3.63, 3.8) is 0 Å². The monoisotopic (exact) mass is 422 g/mol. The van der Waals surface area contributed by atoms with Gasteiger partial charge in [-0.2, -0.15) is 13.2 Å². The van der Waals surface area contributed by atoms with Gasteiger partial charge >= 0.3 is 12.1 Å². The lowest BCUT2D eigenvalue weighted by Gasteiger charge is -2.20. The number of carbonyl (C=O) groups is 1. The maximum atomic E-state index is 13.3. The summed E-state index contributed by atoms with van der Waals surface area (Å²) in [6.07, 6.45) is -1.68. The third-order valence-corrected chi connectivity index (χ3v) is 4.77. The zero-order valence-corrected chi connectivity index (χ0v) is 17.3.